The third kappa shape index (κ3) is 4.03. The second-order valence-electron chi connectivity index (χ2n) is 7.06. The van der Waals surface area contributed by atoms with Crippen LogP contribution in [0, 0.1) is 0 Å². The number of aliphatic hydroxyl groups is 1. The number of rotatable bonds is 5. The predicted octanol–water partition coefficient (Wildman–Crippen LogP) is 1.36. The quantitative estimate of drug-likeness (QED) is 0.761. The van der Waals surface area contributed by atoms with Crippen LogP contribution in [-0.4, -0.2) is 59.8 Å². The molecule has 134 valence electrons. The first kappa shape index (κ1) is 18.6. The van der Waals surface area contributed by atoms with Crippen LogP contribution in [0.15, 0.2) is 0 Å². The van der Waals surface area contributed by atoms with Crippen molar-refractivity contribution in [1.29, 1.82) is 0 Å². The minimum Gasteiger partial charge on any atom is -0.456 e. The van der Waals surface area contributed by atoms with Crippen LogP contribution in [0.1, 0.15) is 48.0 Å². The van der Waals surface area contributed by atoms with Gasteiger partial charge in [-0.15, -0.1) is 0 Å². The topological polar surface area (TPSA) is 83.5 Å². The lowest BCUT2D eigenvalue weighted by Crippen LogP contribution is -2.59. The monoisotopic (exact) mass is 332 g/mol. The van der Waals surface area contributed by atoms with E-state index in [4.69, 9.17) is 23.7 Å². The molecule has 7 heteroatoms. The Morgan fingerprint density at radius 1 is 1.22 bits per heavy atom. The summed E-state index contributed by atoms with van der Waals surface area (Å²) < 4.78 is 28.2. The Balaban J connectivity index is 2.26. The average Bonchev–Trinajstić information content (AvgIpc) is 2.97. The maximum atomic E-state index is 11.6. The van der Waals surface area contributed by atoms with Crippen molar-refractivity contribution in [1.82, 2.24) is 0 Å². The van der Waals surface area contributed by atoms with Crippen molar-refractivity contribution in [2.24, 2.45) is 0 Å². The number of esters is 1. The first-order chi connectivity index (χ1) is 10.5. The molecule has 2 rings (SSSR count). The summed E-state index contributed by atoms with van der Waals surface area (Å²) in [6, 6.07) is 0. The lowest BCUT2D eigenvalue weighted by Gasteiger charge is -2.40. The zero-order valence-electron chi connectivity index (χ0n) is 14.8. The van der Waals surface area contributed by atoms with Crippen LogP contribution in [0.2, 0.25) is 0 Å². The molecule has 0 aromatic heterocycles. The molecule has 1 N–H and O–H groups in total. The summed E-state index contributed by atoms with van der Waals surface area (Å²) in [5.74, 6) is -2.07. The van der Waals surface area contributed by atoms with Gasteiger partial charge in [-0.25, -0.2) is 0 Å². The van der Waals surface area contributed by atoms with Crippen LogP contribution >= 0.6 is 0 Å². The minimum atomic E-state index is -1.44. The van der Waals surface area contributed by atoms with E-state index in [2.05, 4.69) is 0 Å². The SMILES string of the molecule is CC[C@](O)([C@H](OC(C)=O)[C@H]1COC(C)(C)O1)[C@H]1COC(C)(C)O1. The Morgan fingerprint density at radius 2 is 1.78 bits per heavy atom. The van der Waals surface area contributed by atoms with E-state index in [1.54, 1.807) is 27.7 Å². The Kier molecular flexibility index (Phi) is 5.09. The molecule has 0 aromatic carbocycles. The fraction of sp³-hybridized carbons (Fsp3) is 0.938. The zero-order valence-corrected chi connectivity index (χ0v) is 14.8. The van der Waals surface area contributed by atoms with E-state index in [0.717, 1.165) is 0 Å². The summed E-state index contributed by atoms with van der Waals surface area (Å²) >= 11 is 0. The first-order valence-electron chi connectivity index (χ1n) is 8.02. The molecule has 23 heavy (non-hydrogen) atoms. The second-order valence-corrected chi connectivity index (χ2v) is 7.06. The van der Waals surface area contributed by atoms with Gasteiger partial charge in [-0.1, -0.05) is 6.92 Å². The van der Waals surface area contributed by atoms with Crippen molar-refractivity contribution in [2.75, 3.05) is 13.2 Å². The molecule has 2 heterocycles. The molecule has 0 spiro atoms. The van der Waals surface area contributed by atoms with Gasteiger partial charge < -0.3 is 28.8 Å². The molecular weight excluding hydrogens is 304 g/mol. The lowest BCUT2D eigenvalue weighted by atomic mass is 9.84. The van der Waals surface area contributed by atoms with Crippen molar-refractivity contribution in [3.63, 3.8) is 0 Å². The average molecular weight is 332 g/mol. The predicted molar refractivity (Wildman–Crippen MR) is 80.6 cm³/mol. The van der Waals surface area contributed by atoms with Crippen LogP contribution in [0.3, 0.4) is 0 Å². The van der Waals surface area contributed by atoms with Gasteiger partial charge in [0.25, 0.3) is 0 Å². The largest absolute Gasteiger partial charge is 0.456 e. The van der Waals surface area contributed by atoms with Gasteiger partial charge in [-0.2, -0.15) is 0 Å². The molecule has 0 radical (unpaired) electrons. The maximum absolute atomic E-state index is 11.6. The van der Waals surface area contributed by atoms with Crippen molar-refractivity contribution in [3.05, 3.63) is 0 Å². The molecule has 2 fully saturated rings. The van der Waals surface area contributed by atoms with Crippen molar-refractivity contribution in [2.45, 2.75) is 83.5 Å². The molecule has 0 unspecified atom stereocenters. The fourth-order valence-electron chi connectivity index (χ4n) is 3.09. The van der Waals surface area contributed by atoms with Crippen molar-refractivity contribution >= 4 is 5.97 Å². The van der Waals surface area contributed by atoms with Gasteiger partial charge in [0.15, 0.2) is 17.7 Å². The van der Waals surface area contributed by atoms with Gasteiger partial charge in [0.1, 0.15) is 17.8 Å². The Bertz CT molecular complexity index is 448. The van der Waals surface area contributed by atoms with E-state index in [-0.39, 0.29) is 13.2 Å². The van der Waals surface area contributed by atoms with Gasteiger partial charge in [0.05, 0.1) is 13.2 Å². The Labute approximate surface area is 137 Å². The normalized spacial score (nSPS) is 33.2. The van der Waals surface area contributed by atoms with Crippen molar-refractivity contribution < 1.29 is 33.6 Å². The van der Waals surface area contributed by atoms with E-state index in [1.165, 1.54) is 6.92 Å². The summed E-state index contributed by atoms with van der Waals surface area (Å²) in [4.78, 5) is 11.6. The fourth-order valence-corrected chi connectivity index (χ4v) is 3.09. The summed E-state index contributed by atoms with van der Waals surface area (Å²) in [5, 5.41) is 11.3. The van der Waals surface area contributed by atoms with Crippen LogP contribution in [0.4, 0.5) is 0 Å². The van der Waals surface area contributed by atoms with E-state index in [0.29, 0.717) is 6.42 Å². The van der Waals surface area contributed by atoms with Gasteiger partial charge in [-0.3, -0.25) is 4.79 Å². The molecule has 0 amide bonds. The molecule has 4 atom stereocenters. The van der Waals surface area contributed by atoms with Gasteiger partial charge in [0, 0.05) is 6.92 Å². The molecular formula is C16H28O7. The minimum absolute atomic E-state index is 0.214. The Hall–Kier alpha value is -0.730. The zero-order chi connectivity index (χ0) is 17.5. The molecule has 0 saturated carbocycles. The molecule has 2 aliphatic heterocycles. The molecule has 0 aromatic rings. The van der Waals surface area contributed by atoms with Crippen molar-refractivity contribution in [3.8, 4) is 0 Å². The number of carbonyl (C=O) groups is 1. The lowest BCUT2D eigenvalue weighted by molar-refractivity contribution is -0.229. The van der Waals surface area contributed by atoms with Gasteiger partial charge >= 0.3 is 5.97 Å². The second kappa shape index (κ2) is 6.29. The summed E-state index contributed by atoms with van der Waals surface area (Å²) in [6.45, 7) is 10.7. The van der Waals surface area contributed by atoms with Gasteiger partial charge in [0.2, 0.25) is 0 Å². The number of hydrogen-bond acceptors (Lipinski definition) is 7. The van der Waals surface area contributed by atoms with Crippen LogP contribution in [-0.2, 0) is 28.5 Å². The smallest absolute Gasteiger partial charge is 0.303 e. The van der Waals surface area contributed by atoms with Crippen LogP contribution < -0.4 is 0 Å². The third-order valence-electron chi connectivity index (χ3n) is 4.29. The highest BCUT2D eigenvalue weighted by Gasteiger charge is 2.56. The number of ether oxygens (including phenoxy) is 5. The maximum Gasteiger partial charge on any atom is 0.303 e. The van der Waals surface area contributed by atoms with Crippen LogP contribution in [0.5, 0.6) is 0 Å². The summed E-state index contributed by atoms with van der Waals surface area (Å²) in [6.07, 6.45) is -1.80. The molecule has 0 bridgehead atoms. The van der Waals surface area contributed by atoms with E-state index >= 15 is 0 Å². The standard InChI is InChI=1S/C16H28O7/c1-7-16(18,12-9-20-15(5,6)23-12)13(21-10(2)17)11-8-19-14(3,4)22-11/h11-13,18H,7-9H2,1-6H3/t11-,12-,13-,16-/m1/s1. The van der Waals surface area contributed by atoms with E-state index in [1.807, 2.05) is 6.92 Å². The van der Waals surface area contributed by atoms with Crippen LogP contribution in [0.25, 0.3) is 0 Å². The third-order valence-corrected chi connectivity index (χ3v) is 4.29. The Morgan fingerprint density at radius 3 is 2.17 bits per heavy atom. The van der Waals surface area contributed by atoms with E-state index < -0.39 is 41.5 Å². The highest BCUT2D eigenvalue weighted by molar-refractivity contribution is 5.66. The number of carbonyl (C=O) groups excluding carboxylic acids is 1. The summed E-state index contributed by atoms with van der Waals surface area (Å²) in [7, 11) is 0. The first-order valence-corrected chi connectivity index (χ1v) is 8.02. The molecule has 0 aliphatic carbocycles. The highest BCUT2D eigenvalue weighted by Crippen LogP contribution is 2.38. The molecule has 2 aliphatic rings. The molecule has 2 saturated heterocycles. The van der Waals surface area contributed by atoms with Gasteiger partial charge in [-0.05, 0) is 34.1 Å². The molecule has 7 nitrogen and oxygen atoms in total. The highest BCUT2D eigenvalue weighted by atomic mass is 16.8. The summed E-state index contributed by atoms with van der Waals surface area (Å²) in [5.41, 5.74) is -1.44. The number of hydrogen-bond donors (Lipinski definition) is 1. The van der Waals surface area contributed by atoms with E-state index in [9.17, 15) is 9.90 Å².